The van der Waals surface area contributed by atoms with Crippen molar-refractivity contribution in [1.82, 2.24) is 4.57 Å². The normalized spacial score (nSPS) is 14.4. The van der Waals surface area contributed by atoms with Crippen LogP contribution in [-0.4, -0.2) is 10.5 Å². The SMILES string of the molecule is CCc1c(-c2ccc(F)cc2)c(C(N)=O)c(C)n1C1CC1. The Balaban J connectivity index is 2.28. The number of amides is 1. The minimum Gasteiger partial charge on any atom is -0.366 e. The molecule has 0 unspecified atom stereocenters. The standard InChI is InChI=1S/C17H19FN2O/c1-3-14-16(11-4-6-12(18)7-5-11)15(17(19)21)10(2)20(14)13-8-9-13/h4-7,13H,3,8-9H2,1-2H3,(H2,19,21). The first-order valence-corrected chi connectivity index (χ1v) is 7.34. The van der Waals surface area contributed by atoms with E-state index in [4.69, 9.17) is 5.73 Å². The van der Waals surface area contributed by atoms with E-state index >= 15 is 0 Å². The van der Waals surface area contributed by atoms with Crippen LogP contribution in [0.5, 0.6) is 0 Å². The molecular formula is C17H19FN2O. The molecule has 1 fully saturated rings. The summed E-state index contributed by atoms with van der Waals surface area (Å²) in [4.78, 5) is 11.9. The fourth-order valence-electron chi connectivity index (χ4n) is 3.17. The molecule has 1 aromatic carbocycles. The third kappa shape index (κ3) is 2.24. The van der Waals surface area contributed by atoms with Crippen LogP contribution in [0.3, 0.4) is 0 Å². The molecule has 0 bridgehead atoms. The van der Waals surface area contributed by atoms with E-state index in [1.165, 1.54) is 12.1 Å². The zero-order valence-electron chi connectivity index (χ0n) is 12.3. The lowest BCUT2D eigenvalue weighted by Crippen LogP contribution is -2.13. The molecule has 110 valence electrons. The summed E-state index contributed by atoms with van der Waals surface area (Å²) in [7, 11) is 0. The maximum atomic E-state index is 13.2. The van der Waals surface area contributed by atoms with Gasteiger partial charge in [0, 0.05) is 23.0 Å². The summed E-state index contributed by atoms with van der Waals surface area (Å²) in [5, 5.41) is 0. The molecule has 0 atom stereocenters. The molecular weight excluding hydrogens is 267 g/mol. The third-order valence-corrected chi connectivity index (χ3v) is 4.18. The predicted molar refractivity (Wildman–Crippen MR) is 80.7 cm³/mol. The Bertz CT molecular complexity index is 697. The van der Waals surface area contributed by atoms with Crippen LogP contribution < -0.4 is 5.73 Å². The molecule has 0 aliphatic heterocycles. The fraction of sp³-hybridized carbons (Fsp3) is 0.353. The Labute approximate surface area is 123 Å². The molecule has 1 saturated carbocycles. The number of aromatic nitrogens is 1. The van der Waals surface area contributed by atoms with Gasteiger partial charge in [0.25, 0.3) is 5.91 Å². The molecule has 2 aromatic rings. The Morgan fingerprint density at radius 3 is 2.43 bits per heavy atom. The highest BCUT2D eigenvalue weighted by Crippen LogP contribution is 2.43. The van der Waals surface area contributed by atoms with E-state index in [0.717, 1.165) is 41.8 Å². The van der Waals surface area contributed by atoms with E-state index in [0.29, 0.717) is 11.6 Å². The first kappa shape index (κ1) is 13.9. The summed E-state index contributed by atoms with van der Waals surface area (Å²) in [5.74, 6) is -0.698. The molecule has 0 spiro atoms. The molecule has 0 saturated heterocycles. The van der Waals surface area contributed by atoms with Crippen LogP contribution in [0.2, 0.25) is 0 Å². The second-order valence-corrected chi connectivity index (χ2v) is 5.61. The lowest BCUT2D eigenvalue weighted by molar-refractivity contribution is 0.1000. The van der Waals surface area contributed by atoms with E-state index in [1.54, 1.807) is 12.1 Å². The summed E-state index contributed by atoms with van der Waals surface area (Å²) in [5.41, 5.74) is 9.96. The van der Waals surface area contributed by atoms with E-state index in [9.17, 15) is 9.18 Å². The van der Waals surface area contributed by atoms with Gasteiger partial charge in [-0.25, -0.2) is 4.39 Å². The van der Waals surface area contributed by atoms with Crippen LogP contribution in [0.25, 0.3) is 11.1 Å². The topological polar surface area (TPSA) is 48.0 Å². The van der Waals surface area contributed by atoms with Gasteiger partial charge in [0.15, 0.2) is 0 Å². The van der Waals surface area contributed by atoms with Crippen LogP contribution in [0.4, 0.5) is 4.39 Å². The molecule has 4 heteroatoms. The van der Waals surface area contributed by atoms with E-state index in [-0.39, 0.29) is 5.82 Å². The van der Waals surface area contributed by atoms with Crippen molar-refractivity contribution in [2.24, 2.45) is 5.73 Å². The smallest absolute Gasteiger partial charge is 0.251 e. The number of hydrogen-bond donors (Lipinski definition) is 1. The minimum atomic E-state index is -0.416. The van der Waals surface area contributed by atoms with E-state index in [2.05, 4.69) is 11.5 Å². The Morgan fingerprint density at radius 1 is 1.33 bits per heavy atom. The monoisotopic (exact) mass is 286 g/mol. The molecule has 21 heavy (non-hydrogen) atoms. The van der Waals surface area contributed by atoms with Crippen molar-refractivity contribution in [3.05, 3.63) is 47.0 Å². The summed E-state index contributed by atoms with van der Waals surface area (Å²) >= 11 is 0. The van der Waals surface area contributed by atoms with Gasteiger partial charge in [-0.1, -0.05) is 19.1 Å². The highest BCUT2D eigenvalue weighted by Gasteiger charge is 2.32. The Kier molecular flexibility index (Phi) is 3.32. The molecule has 0 radical (unpaired) electrons. The van der Waals surface area contributed by atoms with Crippen molar-refractivity contribution >= 4 is 5.91 Å². The van der Waals surface area contributed by atoms with Crippen molar-refractivity contribution in [3.63, 3.8) is 0 Å². The van der Waals surface area contributed by atoms with Gasteiger partial charge in [-0.15, -0.1) is 0 Å². The lowest BCUT2D eigenvalue weighted by Gasteiger charge is -2.10. The van der Waals surface area contributed by atoms with Gasteiger partial charge in [-0.3, -0.25) is 4.79 Å². The second-order valence-electron chi connectivity index (χ2n) is 5.61. The number of nitrogens with zero attached hydrogens (tertiary/aromatic N) is 1. The summed E-state index contributed by atoms with van der Waals surface area (Å²) in [6.45, 7) is 4.02. The zero-order chi connectivity index (χ0) is 15.1. The quantitative estimate of drug-likeness (QED) is 0.917. The van der Waals surface area contributed by atoms with Gasteiger partial charge in [0.05, 0.1) is 5.56 Å². The first-order valence-electron chi connectivity index (χ1n) is 7.34. The van der Waals surface area contributed by atoms with Gasteiger partial charge < -0.3 is 10.3 Å². The Morgan fingerprint density at radius 2 is 1.95 bits per heavy atom. The van der Waals surface area contributed by atoms with Crippen molar-refractivity contribution in [2.75, 3.05) is 0 Å². The molecule has 3 nitrogen and oxygen atoms in total. The van der Waals surface area contributed by atoms with Gasteiger partial charge in [-0.2, -0.15) is 0 Å². The van der Waals surface area contributed by atoms with E-state index in [1.807, 2.05) is 6.92 Å². The van der Waals surface area contributed by atoms with Gasteiger partial charge in [0.1, 0.15) is 5.82 Å². The van der Waals surface area contributed by atoms with Crippen LogP contribution in [0.1, 0.15) is 47.6 Å². The van der Waals surface area contributed by atoms with Crippen LogP contribution in [0, 0.1) is 12.7 Å². The Hall–Kier alpha value is -2.10. The number of hydrogen-bond acceptors (Lipinski definition) is 1. The number of nitrogens with two attached hydrogens (primary N) is 1. The third-order valence-electron chi connectivity index (χ3n) is 4.18. The van der Waals surface area contributed by atoms with Gasteiger partial charge in [-0.05, 0) is 43.9 Å². The maximum absolute atomic E-state index is 13.2. The molecule has 1 aliphatic rings. The number of carbonyl (C=O) groups is 1. The summed E-state index contributed by atoms with van der Waals surface area (Å²) < 4.78 is 15.4. The molecule has 1 amide bonds. The molecule has 1 aliphatic carbocycles. The maximum Gasteiger partial charge on any atom is 0.251 e. The van der Waals surface area contributed by atoms with Gasteiger partial charge in [0.2, 0.25) is 0 Å². The predicted octanol–water partition coefficient (Wildman–Crippen LogP) is 3.60. The lowest BCUT2D eigenvalue weighted by atomic mass is 9.99. The number of primary amides is 1. The van der Waals surface area contributed by atoms with Crippen LogP contribution >= 0.6 is 0 Å². The first-order chi connectivity index (χ1) is 10.0. The largest absolute Gasteiger partial charge is 0.366 e. The van der Waals surface area contributed by atoms with E-state index < -0.39 is 5.91 Å². The van der Waals surface area contributed by atoms with Crippen LogP contribution in [0.15, 0.2) is 24.3 Å². The van der Waals surface area contributed by atoms with Crippen molar-refractivity contribution < 1.29 is 9.18 Å². The molecule has 1 aromatic heterocycles. The average molecular weight is 286 g/mol. The second kappa shape index (κ2) is 5.02. The summed E-state index contributed by atoms with van der Waals surface area (Å²) in [6, 6.07) is 6.75. The van der Waals surface area contributed by atoms with Crippen molar-refractivity contribution in [2.45, 2.75) is 39.2 Å². The minimum absolute atomic E-state index is 0.282. The number of benzene rings is 1. The van der Waals surface area contributed by atoms with Crippen LogP contribution in [-0.2, 0) is 6.42 Å². The average Bonchev–Trinajstić information content (AvgIpc) is 3.23. The van der Waals surface area contributed by atoms with Gasteiger partial charge >= 0.3 is 0 Å². The summed E-state index contributed by atoms with van der Waals surface area (Å²) in [6.07, 6.45) is 3.10. The molecule has 1 heterocycles. The van der Waals surface area contributed by atoms with Crippen molar-refractivity contribution in [3.8, 4) is 11.1 Å². The number of halogens is 1. The highest BCUT2D eigenvalue weighted by atomic mass is 19.1. The molecule has 2 N–H and O–H groups in total. The fourth-order valence-corrected chi connectivity index (χ4v) is 3.17. The number of carbonyl (C=O) groups excluding carboxylic acids is 1. The number of rotatable bonds is 4. The highest BCUT2D eigenvalue weighted by molar-refractivity contribution is 6.02. The van der Waals surface area contributed by atoms with Crippen molar-refractivity contribution in [1.29, 1.82) is 0 Å². The zero-order valence-corrected chi connectivity index (χ0v) is 12.3. The molecule has 3 rings (SSSR count).